The average molecular weight is 332 g/mol. The van der Waals surface area contributed by atoms with Crippen molar-refractivity contribution in [1.82, 2.24) is 14.6 Å². The predicted molar refractivity (Wildman–Crippen MR) is 84.7 cm³/mol. The Morgan fingerprint density at radius 1 is 1.48 bits per heavy atom. The van der Waals surface area contributed by atoms with Crippen molar-refractivity contribution in [2.75, 3.05) is 40.4 Å². The van der Waals surface area contributed by atoms with Gasteiger partial charge < -0.3 is 15.4 Å². The van der Waals surface area contributed by atoms with Crippen LogP contribution in [0, 0.1) is 0 Å². The van der Waals surface area contributed by atoms with Gasteiger partial charge in [0, 0.05) is 19.3 Å². The second-order valence-electron chi connectivity index (χ2n) is 4.53. The Balaban J connectivity index is 2.57. The van der Waals surface area contributed by atoms with Gasteiger partial charge in [0.2, 0.25) is 10.0 Å². The van der Waals surface area contributed by atoms with Crippen LogP contribution in [0.2, 0.25) is 0 Å². The topological polar surface area (TPSA) is 97.5 Å². The van der Waals surface area contributed by atoms with Gasteiger partial charge in [-0.2, -0.15) is 0 Å². The number of likely N-dealkylation sites (N-methyl/N-ethyl adjacent to an activating group) is 1. The third kappa shape index (κ3) is 6.02. The van der Waals surface area contributed by atoms with Crippen LogP contribution in [0.4, 0.5) is 0 Å². The number of thiocarbonyl (C=S) groups is 1. The van der Waals surface area contributed by atoms with Gasteiger partial charge in [0.05, 0.1) is 13.2 Å². The molecule has 0 aromatic carbocycles. The molecule has 7 nitrogen and oxygen atoms in total. The van der Waals surface area contributed by atoms with Gasteiger partial charge in [0.1, 0.15) is 15.6 Å². The highest BCUT2D eigenvalue weighted by molar-refractivity contribution is 7.89. The van der Waals surface area contributed by atoms with Gasteiger partial charge >= 0.3 is 0 Å². The largest absolute Gasteiger partial charge is 0.388 e. The molecule has 21 heavy (non-hydrogen) atoms. The number of hydrogen-bond acceptors (Lipinski definition) is 6. The summed E-state index contributed by atoms with van der Waals surface area (Å²) in [5.74, 6) is 0. The molecule has 3 N–H and O–H groups in total. The summed E-state index contributed by atoms with van der Waals surface area (Å²) < 4.78 is 32.1. The van der Waals surface area contributed by atoms with Crippen molar-refractivity contribution < 1.29 is 13.2 Å². The highest BCUT2D eigenvalue weighted by Gasteiger charge is 2.19. The average Bonchev–Trinajstić information content (AvgIpc) is 2.42. The molecule has 1 heterocycles. The monoisotopic (exact) mass is 332 g/mol. The van der Waals surface area contributed by atoms with Crippen molar-refractivity contribution in [3.8, 4) is 0 Å². The van der Waals surface area contributed by atoms with E-state index in [1.165, 1.54) is 18.3 Å². The first-order chi connectivity index (χ1) is 9.84. The lowest BCUT2D eigenvalue weighted by molar-refractivity contribution is 0.122. The van der Waals surface area contributed by atoms with E-state index in [-0.39, 0.29) is 28.7 Å². The summed E-state index contributed by atoms with van der Waals surface area (Å²) in [6.45, 7) is 1.78. The van der Waals surface area contributed by atoms with Crippen LogP contribution in [0.1, 0.15) is 5.69 Å². The van der Waals surface area contributed by atoms with E-state index >= 15 is 0 Å². The number of hydrogen-bond donors (Lipinski definition) is 2. The highest BCUT2D eigenvalue weighted by Crippen LogP contribution is 2.12. The first kappa shape index (κ1) is 17.9. The van der Waals surface area contributed by atoms with Crippen LogP contribution in [-0.2, 0) is 14.8 Å². The van der Waals surface area contributed by atoms with Crippen LogP contribution in [0.3, 0.4) is 0 Å². The van der Waals surface area contributed by atoms with Crippen LogP contribution in [-0.4, -0.2) is 63.7 Å². The lowest BCUT2D eigenvalue weighted by Crippen LogP contribution is -2.30. The molecule has 0 aliphatic carbocycles. The third-order valence-corrected chi connectivity index (χ3v) is 4.20. The fourth-order valence-electron chi connectivity index (χ4n) is 1.47. The molecule has 0 bridgehead atoms. The molecular formula is C12H20N4O3S2. The van der Waals surface area contributed by atoms with Crippen molar-refractivity contribution in [2.45, 2.75) is 4.90 Å². The Kier molecular flexibility index (Phi) is 7.12. The number of sulfonamides is 1. The molecule has 0 saturated heterocycles. The molecule has 0 spiro atoms. The van der Waals surface area contributed by atoms with Gasteiger partial charge in [-0.05, 0) is 26.2 Å². The molecule has 1 aromatic heterocycles. The summed E-state index contributed by atoms with van der Waals surface area (Å²) in [5, 5.41) is 0. The number of ether oxygens (including phenoxy) is 1. The van der Waals surface area contributed by atoms with Crippen molar-refractivity contribution >= 4 is 27.2 Å². The minimum absolute atomic E-state index is 0.0224. The van der Waals surface area contributed by atoms with E-state index in [1.807, 2.05) is 19.0 Å². The highest BCUT2D eigenvalue weighted by atomic mass is 32.2. The van der Waals surface area contributed by atoms with Crippen LogP contribution >= 0.6 is 12.2 Å². The molecule has 9 heteroatoms. The number of pyridine rings is 1. The van der Waals surface area contributed by atoms with E-state index in [9.17, 15) is 8.42 Å². The number of nitrogens with zero attached hydrogens (tertiary/aromatic N) is 2. The standard InChI is InChI=1S/C12H20N4O3S2/c1-16(2)7-9-19-8-6-15-21(17,18)10-4-3-5-14-11(10)12(13)20/h3-5,15H,6-9H2,1-2H3,(H2,13,20). The fraction of sp³-hybridized carbons (Fsp3) is 0.500. The lowest BCUT2D eigenvalue weighted by atomic mass is 10.3. The molecule has 0 radical (unpaired) electrons. The molecule has 0 saturated carbocycles. The van der Waals surface area contributed by atoms with Crippen molar-refractivity contribution in [3.63, 3.8) is 0 Å². The number of nitrogens with two attached hydrogens (primary N) is 1. The Morgan fingerprint density at radius 2 is 2.19 bits per heavy atom. The van der Waals surface area contributed by atoms with Gasteiger partial charge in [-0.15, -0.1) is 0 Å². The number of nitrogens with one attached hydrogen (secondary N) is 1. The summed E-state index contributed by atoms with van der Waals surface area (Å²) in [7, 11) is 0.163. The Hall–Kier alpha value is -1.13. The first-order valence-electron chi connectivity index (χ1n) is 6.31. The Labute approximate surface area is 130 Å². The van der Waals surface area contributed by atoms with E-state index in [2.05, 4.69) is 9.71 Å². The van der Waals surface area contributed by atoms with Crippen molar-refractivity contribution in [1.29, 1.82) is 0 Å². The zero-order valence-corrected chi connectivity index (χ0v) is 13.7. The predicted octanol–water partition coefficient (Wildman–Crippen LogP) is -0.428. The molecule has 0 aliphatic rings. The Morgan fingerprint density at radius 3 is 2.81 bits per heavy atom. The van der Waals surface area contributed by atoms with Crippen LogP contribution in [0.25, 0.3) is 0 Å². The SMILES string of the molecule is CN(C)CCOCCNS(=O)(=O)c1cccnc1C(N)=S. The quantitative estimate of drug-likeness (QED) is 0.468. The summed E-state index contributed by atoms with van der Waals surface area (Å²) in [6, 6.07) is 2.93. The molecule has 0 atom stereocenters. The summed E-state index contributed by atoms with van der Waals surface area (Å²) >= 11 is 4.81. The molecule has 118 valence electrons. The van der Waals surface area contributed by atoms with Gasteiger partial charge in [-0.3, -0.25) is 4.98 Å². The van der Waals surface area contributed by atoms with Gasteiger partial charge in [-0.1, -0.05) is 12.2 Å². The lowest BCUT2D eigenvalue weighted by Gasteiger charge is -2.11. The van der Waals surface area contributed by atoms with Gasteiger partial charge in [0.15, 0.2) is 0 Å². The number of rotatable bonds is 9. The second-order valence-corrected chi connectivity index (χ2v) is 6.70. The van der Waals surface area contributed by atoms with Gasteiger partial charge in [-0.25, -0.2) is 13.1 Å². The van der Waals surface area contributed by atoms with Crippen molar-refractivity contribution in [3.05, 3.63) is 24.0 Å². The summed E-state index contributed by atoms with van der Waals surface area (Å²) in [5.41, 5.74) is 5.57. The van der Waals surface area contributed by atoms with Gasteiger partial charge in [0.25, 0.3) is 0 Å². The van der Waals surface area contributed by atoms with Crippen LogP contribution in [0.15, 0.2) is 23.2 Å². The molecule has 0 amide bonds. The van der Waals surface area contributed by atoms with E-state index < -0.39 is 10.0 Å². The van der Waals surface area contributed by atoms with Crippen LogP contribution < -0.4 is 10.5 Å². The zero-order chi connectivity index (χ0) is 15.9. The molecular weight excluding hydrogens is 312 g/mol. The molecule has 0 fully saturated rings. The summed E-state index contributed by atoms with van der Waals surface area (Å²) in [6.07, 6.45) is 1.44. The van der Waals surface area contributed by atoms with E-state index in [0.29, 0.717) is 6.61 Å². The van der Waals surface area contributed by atoms with E-state index in [1.54, 1.807) is 0 Å². The summed E-state index contributed by atoms with van der Waals surface area (Å²) in [4.78, 5) is 5.80. The normalized spacial score (nSPS) is 11.8. The number of aromatic nitrogens is 1. The smallest absolute Gasteiger partial charge is 0.242 e. The van der Waals surface area contributed by atoms with E-state index in [4.69, 9.17) is 22.7 Å². The van der Waals surface area contributed by atoms with E-state index in [0.717, 1.165) is 6.54 Å². The maximum atomic E-state index is 12.2. The van der Waals surface area contributed by atoms with Crippen molar-refractivity contribution in [2.24, 2.45) is 5.73 Å². The molecule has 0 aliphatic heterocycles. The molecule has 0 unspecified atom stereocenters. The minimum atomic E-state index is -3.71. The maximum Gasteiger partial charge on any atom is 0.242 e. The third-order valence-electron chi connectivity index (χ3n) is 2.51. The molecule has 1 aromatic rings. The zero-order valence-electron chi connectivity index (χ0n) is 12.1. The first-order valence-corrected chi connectivity index (χ1v) is 8.20. The Bertz CT molecular complexity index is 576. The second kappa shape index (κ2) is 8.35. The van der Waals surface area contributed by atoms with Crippen LogP contribution in [0.5, 0.6) is 0 Å². The maximum absolute atomic E-state index is 12.2. The molecule has 1 rings (SSSR count). The fourth-order valence-corrected chi connectivity index (χ4v) is 2.88. The minimum Gasteiger partial charge on any atom is -0.388 e.